The van der Waals surface area contributed by atoms with Gasteiger partial charge < -0.3 is 47.8 Å². The number of aliphatic hydroxyl groups is 1. The number of hydrogen-bond acceptors (Lipinski definition) is 9. The van der Waals surface area contributed by atoms with Crippen LogP contribution in [0.1, 0.15) is 24.8 Å². The number of nitrogens with two attached hydrogens (primary N) is 2. The predicted molar refractivity (Wildman–Crippen MR) is 121 cm³/mol. The number of hydrogen-bond donors (Lipinski definition) is 9. The van der Waals surface area contributed by atoms with Crippen LogP contribution < -0.4 is 27.4 Å². The molecule has 0 aliphatic rings. The molecule has 0 aliphatic heterocycles. The Balaban J connectivity index is 3.10. The number of aliphatic carboxylic acids is 2. The summed E-state index contributed by atoms with van der Waals surface area (Å²) in [7, 11) is 0. The van der Waals surface area contributed by atoms with Gasteiger partial charge in [-0.05, 0) is 24.1 Å². The Hall–Kier alpha value is -4.24. The number of rotatable bonds is 15. The molecule has 15 heteroatoms. The van der Waals surface area contributed by atoms with Gasteiger partial charge in [-0.3, -0.25) is 24.0 Å². The van der Waals surface area contributed by atoms with Crippen molar-refractivity contribution in [1.82, 2.24) is 16.0 Å². The lowest BCUT2D eigenvalue weighted by molar-refractivity contribution is -0.144. The summed E-state index contributed by atoms with van der Waals surface area (Å²) >= 11 is 0. The number of benzene rings is 1. The van der Waals surface area contributed by atoms with Crippen LogP contribution in [0.3, 0.4) is 0 Å². The van der Waals surface area contributed by atoms with E-state index in [-0.39, 0.29) is 25.0 Å². The van der Waals surface area contributed by atoms with Gasteiger partial charge in [0.2, 0.25) is 23.6 Å². The van der Waals surface area contributed by atoms with Gasteiger partial charge in [0.1, 0.15) is 23.9 Å². The van der Waals surface area contributed by atoms with Crippen molar-refractivity contribution in [3.05, 3.63) is 29.8 Å². The van der Waals surface area contributed by atoms with E-state index in [4.69, 9.17) is 21.7 Å². The van der Waals surface area contributed by atoms with Gasteiger partial charge in [0, 0.05) is 12.8 Å². The Kier molecular flexibility index (Phi) is 11.8. The topological polar surface area (TPSA) is 271 Å². The average molecular weight is 511 g/mol. The molecule has 0 radical (unpaired) electrons. The van der Waals surface area contributed by atoms with E-state index in [1.807, 2.05) is 5.32 Å². The summed E-state index contributed by atoms with van der Waals surface area (Å²) in [6.07, 6.45) is -1.50. The molecule has 4 atom stereocenters. The highest BCUT2D eigenvalue weighted by Crippen LogP contribution is 2.12. The largest absolute Gasteiger partial charge is 0.508 e. The second-order valence-corrected chi connectivity index (χ2v) is 7.78. The monoisotopic (exact) mass is 511 g/mol. The maximum atomic E-state index is 12.9. The van der Waals surface area contributed by atoms with Gasteiger partial charge >= 0.3 is 11.9 Å². The molecule has 0 spiro atoms. The van der Waals surface area contributed by atoms with Gasteiger partial charge in [0.15, 0.2) is 0 Å². The second-order valence-electron chi connectivity index (χ2n) is 7.78. The molecule has 0 fully saturated rings. The van der Waals surface area contributed by atoms with Gasteiger partial charge in [-0.25, -0.2) is 4.79 Å². The van der Waals surface area contributed by atoms with Gasteiger partial charge in [-0.15, -0.1) is 0 Å². The number of carboxylic acid groups (broad SMARTS) is 2. The van der Waals surface area contributed by atoms with Crippen LogP contribution in [0.15, 0.2) is 24.3 Å². The number of nitrogens with one attached hydrogen (secondary N) is 3. The fourth-order valence-corrected chi connectivity index (χ4v) is 2.90. The molecule has 1 aromatic rings. The number of amides is 4. The highest BCUT2D eigenvalue weighted by atomic mass is 16.4. The van der Waals surface area contributed by atoms with Gasteiger partial charge in [0.25, 0.3) is 0 Å². The minimum Gasteiger partial charge on any atom is -0.508 e. The molecule has 1 aromatic carbocycles. The van der Waals surface area contributed by atoms with Crippen LogP contribution in [0.5, 0.6) is 5.75 Å². The molecular weight excluding hydrogens is 482 g/mol. The Morgan fingerprint density at radius 1 is 0.833 bits per heavy atom. The first-order valence-corrected chi connectivity index (χ1v) is 10.6. The Bertz CT molecular complexity index is 968. The van der Waals surface area contributed by atoms with Crippen molar-refractivity contribution in [2.45, 2.75) is 49.9 Å². The van der Waals surface area contributed by atoms with Crippen molar-refractivity contribution < 1.29 is 49.2 Å². The summed E-state index contributed by atoms with van der Waals surface area (Å²) in [6, 6.07) is -0.645. The van der Waals surface area contributed by atoms with E-state index in [1.54, 1.807) is 0 Å². The molecular formula is C21H29N5O10. The highest BCUT2D eigenvalue weighted by molar-refractivity contribution is 5.95. The Morgan fingerprint density at radius 2 is 1.36 bits per heavy atom. The number of carboxylic acids is 2. The third-order valence-electron chi connectivity index (χ3n) is 4.86. The van der Waals surface area contributed by atoms with E-state index in [0.29, 0.717) is 5.56 Å². The van der Waals surface area contributed by atoms with Crippen molar-refractivity contribution in [2.75, 3.05) is 6.61 Å². The zero-order valence-corrected chi connectivity index (χ0v) is 19.0. The summed E-state index contributed by atoms with van der Waals surface area (Å²) in [5.41, 5.74) is 11.1. The molecule has 0 aromatic heterocycles. The number of carbonyl (C=O) groups excluding carboxylic acids is 4. The molecule has 0 saturated carbocycles. The zero-order chi connectivity index (χ0) is 27.4. The number of aromatic hydroxyl groups is 1. The lowest BCUT2D eigenvalue weighted by Crippen LogP contribution is -2.58. The lowest BCUT2D eigenvalue weighted by atomic mass is 10.0. The third-order valence-corrected chi connectivity index (χ3v) is 4.86. The molecule has 0 bridgehead atoms. The molecule has 0 aliphatic carbocycles. The van der Waals surface area contributed by atoms with Crippen molar-refractivity contribution >= 4 is 35.6 Å². The van der Waals surface area contributed by atoms with E-state index in [9.17, 15) is 39.0 Å². The standard InChI is InChI=1S/C21H29N5O10/c22-12(5-6-16(23)29)18(32)24-14(8-17(30)31)20(34)25-13(7-10-1-3-11(28)4-2-10)19(33)26-15(9-27)21(35)36/h1-4,12-15,27-28H,5-9,22H2,(H2,23,29)(H,24,32)(H,25,34)(H,26,33)(H,30,31)(H,35,36). The third kappa shape index (κ3) is 10.4. The molecule has 11 N–H and O–H groups in total. The first-order chi connectivity index (χ1) is 16.8. The van der Waals surface area contributed by atoms with E-state index in [0.717, 1.165) is 0 Å². The van der Waals surface area contributed by atoms with Crippen LogP contribution in [0.25, 0.3) is 0 Å². The molecule has 4 amide bonds. The van der Waals surface area contributed by atoms with Crippen LogP contribution in [-0.4, -0.2) is 86.8 Å². The smallest absolute Gasteiger partial charge is 0.328 e. The first-order valence-electron chi connectivity index (χ1n) is 10.6. The first kappa shape index (κ1) is 29.8. The predicted octanol–water partition coefficient (Wildman–Crippen LogP) is -3.47. The van der Waals surface area contributed by atoms with Crippen LogP contribution in [0, 0.1) is 0 Å². The minimum absolute atomic E-state index is 0.0769. The van der Waals surface area contributed by atoms with Crippen molar-refractivity contribution in [3.8, 4) is 5.75 Å². The van der Waals surface area contributed by atoms with Gasteiger partial charge in [-0.2, -0.15) is 0 Å². The van der Waals surface area contributed by atoms with E-state index < -0.39 is 72.8 Å². The minimum atomic E-state index is -1.69. The Morgan fingerprint density at radius 3 is 1.86 bits per heavy atom. The maximum absolute atomic E-state index is 12.9. The SMILES string of the molecule is NC(=O)CCC(N)C(=O)NC(CC(=O)O)C(=O)NC(Cc1ccc(O)cc1)C(=O)NC(CO)C(=O)O. The summed E-state index contributed by atoms with van der Waals surface area (Å²) < 4.78 is 0. The van der Waals surface area contributed by atoms with Gasteiger partial charge in [-0.1, -0.05) is 12.1 Å². The fraction of sp³-hybridized carbons (Fsp3) is 0.429. The van der Waals surface area contributed by atoms with Crippen molar-refractivity contribution in [1.29, 1.82) is 0 Å². The fourth-order valence-electron chi connectivity index (χ4n) is 2.90. The van der Waals surface area contributed by atoms with Gasteiger partial charge in [0.05, 0.1) is 19.1 Å². The normalized spacial score (nSPS) is 13.9. The lowest BCUT2D eigenvalue weighted by Gasteiger charge is -2.24. The van der Waals surface area contributed by atoms with Crippen LogP contribution in [0.4, 0.5) is 0 Å². The molecule has 0 heterocycles. The van der Waals surface area contributed by atoms with E-state index in [1.165, 1.54) is 24.3 Å². The molecule has 198 valence electrons. The molecule has 15 nitrogen and oxygen atoms in total. The quantitative estimate of drug-likeness (QED) is 0.112. The second kappa shape index (κ2) is 14.2. The summed E-state index contributed by atoms with van der Waals surface area (Å²) in [6.45, 7) is -0.943. The van der Waals surface area contributed by atoms with Crippen LogP contribution in [0.2, 0.25) is 0 Å². The molecule has 4 unspecified atom stereocenters. The number of phenolic OH excluding ortho intramolecular Hbond substituents is 1. The summed E-state index contributed by atoms with van der Waals surface area (Å²) in [5, 5.41) is 43.3. The maximum Gasteiger partial charge on any atom is 0.328 e. The summed E-state index contributed by atoms with van der Waals surface area (Å²) in [4.78, 5) is 71.2. The molecule has 36 heavy (non-hydrogen) atoms. The number of primary amides is 1. The van der Waals surface area contributed by atoms with E-state index in [2.05, 4.69) is 10.6 Å². The molecule has 1 rings (SSSR count). The number of carbonyl (C=O) groups is 6. The summed E-state index contributed by atoms with van der Waals surface area (Å²) in [5.74, 6) is -6.86. The Labute approximate surface area is 204 Å². The zero-order valence-electron chi connectivity index (χ0n) is 19.0. The van der Waals surface area contributed by atoms with Crippen LogP contribution in [-0.2, 0) is 35.2 Å². The highest BCUT2D eigenvalue weighted by Gasteiger charge is 2.31. The van der Waals surface area contributed by atoms with Crippen molar-refractivity contribution in [3.63, 3.8) is 0 Å². The van der Waals surface area contributed by atoms with Crippen LogP contribution >= 0.6 is 0 Å². The molecule has 0 saturated heterocycles. The van der Waals surface area contributed by atoms with E-state index >= 15 is 0 Å². The average Bonchev–Trinajstić information content (AvgIpc) is 2.80. The number of aliphatic hydroxyl groups excluding tert-OH is 1. The van der Waals surface area contributed by atoms with Crippen molar-refractivity contribution in [2.24, 2.45) is 11.5 Å². The number of phenols is 1.